The summed E-state index contributed by atoms with van der Waals surface area (Å²) >= 11 is 0. The van der Waals surface area contributed by atoms with E-state index >= 15 is 0 Å². The van der Waals surface area contributed by atoms with E-state index in [1.807, 2.05) is 0 Å². The molecular weight excluding hydrogens is 269 g/mol. The lowest BCUT2D eigenvalue weighted by Gasteiger charge is -2.16. The highest BCUT2D eigenvalue weighted by atomic mass is 19.4. The minimum atomic E-state index is -4.72. The smallest absolute Gasteiger partial charge is 0.416 e. The first kappa shape index (κ1) is 14.7. The number of nitro groups is 1. The van der Waals surface area contributed by atoms with Crippen molar-refractivity contribution < 1.29 is 28.0 Å². The van der Waals surface area contributed by atoms with Crippen molar-refractivity contribution in [2.75, 3.05) is 5.32 Å². The zero-order valence-electron chi connectivity index (χ0n) is 9.52. The number of nitro benzene ring substituents is 1. The monoisotopic (exact) mass is 277 g/mol. The standard InChI is InChI=1S/C10H9F3N2O4/c1-5(9(16)17)14-7-3-2-6(10(11,12)13)4-8(7)15(18)19/h2-5,14H,1H3,(H,16,17)/p-1/t5-/m0/s1. The third-order valence-corrected chi connectivity index (χ3v) is 2.25. The quantitative estimate of drug-likeness (QED) is 0.658. The van der Waals surface area contributed by atoms with E-state index in [0.717, 1.165) is 13.0 Å². The number of carbonyl (C=O) groups excluding carboxylic acids is 1. The van der Waals surface area contributed by atoms with Crippen LogP contribution >= 0.6 is 0 Å². The van der Waals surface area contributed by atoms with Gasteiger partial charge in [-0.1, -0.05) is 0 Å². The largest absolute Gasteiger partial charge is 0.548 e. The normalized spacial score (nSPS) is 12.8. The molecule has 1 rings (SSSR count). The van der Waals surface area contributed by atoms with Gasteiger partial charge in [0.2, 0.25) is 0 Å². The fourth-order valence-electron chi connectivity index (χ4n) is 1.27. The summed E-state index contributed by atoms with van der Waals surface area (Å²) in [4.78, 5) is 20.1. The lowest BCUT2D eigenvalue weighted by Crippen LogP contribution is -2.38. The van der Waals surface area contributed by atoms with E-state index in [-0.39, 0.29) is 5.69 Å². The van der Waals surface area contributed by atoms with Crippen LogP contribution in [0.1, 0.15) is 12.5 Å². The van der Waals surface area contributed by atoms with Crippen LogP contribution in [-0.4, -0.2) is 16.9 Å². The van der Waals surface area contributed by atoms with Crippen molar-refractivity contribution in [3.05, 3.63) is 33.9 Å². The third kappa shape index (κ3) is 3.57. The number of aliphatic carboxylic acids is 1. The first-order chi connectivity index (χ1) is 8.62. The molecule has 0 saturated heterocycles. The van der Waals surface area contributed by atoms with Gasteiger partial charge in [-0.25, -0.2) is 0 Å². The van der Waals surface area contributed by atoms with Gasteiger partial charge in [-0.05, 0) is 19.1 Å². The van der Waals surface area contributed by atoms with Gasteiger partial charge in [0.05, 0.1) is 22.5 Å². The van der Waals surface area contributed by atoms with Gasteiger partial charge in [-0.3, -0.25) is 10.1 Å². The Balaban J connectivity index is 3.19. The molecule has 0 unspecified atom stereocenters. The van der Waals surface area contributed by atoms with E-state index in [1.54, 1.807) is 0 Å². The highest BCUT2D eigenvalue weighted by molar-refractivity contribution is 5.77. The zero-order valence-corrected chi connectivity index (χ0v) is 9.52. The maximum Gasteiger partial charge on any atom is 0.416 e. The number of alkyl halides is 3. The van der Waals surface area contributed by atoms with Crippen LogP contribution in [0.3, 0.4) is 0 Å². The number of carboxylic acid groups (broad SMARTS) is 1. The van der Waals surface area contributed by atoms with E-state index in [4.69, 9.17) is 0 Å². The number of hydrogen-bond donors (Lipinski definition) is 1. The SMILES string of the molecule is C[C@H](Nc1ccc(C(F)(F)F)cc1[N+](=O)[O-])C(=O)[O-]. The van der Waals surface area contributed by atoms with Gasteiger partial charge in [0, 0.05) is 6.07 Å². The van der Waals surface area contributed by atoms with Gasteiger partial charge < -0.3 is 15.2 Å². The maximum atomic E-state index is 12.4. The Morgan fingerprint density at radius 1 is 1.42 bits per heavy atom. The van der Waals surface area contributed by atoms with E-state index in [9.17, 15) is 33.2 Å². The minimum Gasteiger partial charge on any atom is -0.548 e. The molecular formula is C10H8F3N2O4-. The minimum absolute atomic E-state index is 0.324. The number of nitrogens with one attached hydrogen (secondary N) is 1. The van der Waals surface area contributed by atoms with E-state index in [2.05, 4.69) is 5.32 Å². The second kappa shape index (κ2) is 5.12. The summed E-state index contributed by atoms with van der Waals surface area (Å²) in [6.45, 7) is 1.15. The molecule has 0 spiro atoms. The molecule has 1 aromatic carbocycles. The molecule has 1 atom stereocenters. The Morgan fingerprint density at radius 2 is 2.00 bits per heavy atom. The molecule has 1 aromatic rings. The number of nitrogens with zero attached hydrogens (tertiary/aromatic N) is 1. The molecule has 0 radical (unpaired) electrons. The second-order valence-corrected chi connectivity index (χ2v) is 3.67. The maximum absolute atomic E-state index is 12.4. The summed E-state index contributed by atoms with van der Waals surface area (Å²) in [5.41, 5.74) is -2.37. The molecule has 0 amide bonds. The Kier molecular flexibility index (Phi) is 3.98. The molecule has 19 heavy (non-hydrogen) atoms. The van der Waals surface area contributed by atoms with Crippen LogP contribution in [0.2, 0.25) is 0 Å². The van der Waals surface area contributed by atoms with Gasteiger partial charge in [0.15, 0.2) is 0 Å². The molecule has 0 saturated carbocycles. The van der Waals surface area contributed by atoms with Crippen molar-refractivity contribution in [2.45, 2.75) is 19.1 Å². The van der Waals surface area contributed by atoms with Crippen LogP contribution in [0.5, 0.6) is 0 Å². The predicted octanol–water partition coefficient (Wildman–Crippen LogP) is 1.16. The van der Waals surface area contributed by atoms with Gasteiger partial charge in [-0.15, -0.1) is 0 Å². The average molecular weight is 277 g/mol. The lowest BCUT2D eigenvalue weighted by molar-refractivity contribution is -0.384. The van der Waals surface area contributed by atoms with Crippen LogP contribution in [-0.2, 0) is 11.0 Å². The van der Waals surface area contributed by atoms with Gasteiger partial charge >= 0.3 is 6.18 Å². The van der Waals surface area contributed by atoms with Crippen molar-refractivity contribution in [1.29, 1.82) is 0 Å². The van der Waals surface area contributed by atoms with Gasteiger partial charge in [0.1, 0.15) is 5.69 Å². The van der Waals surface area contributed by atoms with Gasteiger partial charge in [0.25, 0.3) is 5.69 Å². The third-order valence-electron chi connectivity index (χ3n) is 2.25. The Bertz CT molecular complexity index is 516. The first-order valence-electron chi connectivity index (χ1n) is 4.96. The highest BCUT2D eigenvalue weighted by Crippen LogP contribution is 2.35. The average Bonchev–Trinajstić information content (AvgIpc) is 2.27. The van der Waals surface area contributed by atoms with Crippen molar-refractivity contribution in [2.24, 2.45) is 0 Å². The Labute approximate surface area is 105 Å². The number of carbonyl (C=O) groups is 1. The van der Waals surface area contributed by atoms with Crippen molar-refractivity contribution in [3.8, 4) is 0 Å². The van der Waals surface area contributed by atoms with Crippen molar-refractivity contribution >= 4 is 17.3 Å². The Hall–Kier alpha value is -2.32. The van der Waals surface area contributed by atoms with Gasteiger partial charge in [-0.2, -0.15) is 13.2 Å². The number of rotatable bonds is 4. The first-order valence-corrected chi connectivity index (χ1v) is 4.96. The molecule has 0 bridgehead atoms. The predicted molar refractivity (Wildman–Crippen MR) is 56.2 cm³/mol. The van der Waals surface area contributed by atoms with E-state index in [1.165, 1.54) is 0 Å². The van der Waals surface area contributed by atoms with Crippen LogP contribution in [0.15, 0.2) is 18.2 Å². The fourth-order valence-corrected chi connectivity index (χ4v) is 1.27. The number of benzene rings is 1. The number of carboxylic acids is 1. The summed E-state index contributed by atoms with van der Waals surface area (Å²) in [5, 5.41) is 23.4. The molecule has 0 fully saturated rings. The van der Waals surface area contributed by atoms with Crippen LogP contribution < -0.4 is 10.4 Å². The number of hydrogen-bond acceptors (Lipinski definition) is 5. The van der Waals surface area contributed by atoms with E-state index in [0.29, 0.717) is 12.1 Å². The molecule has 1 N–H and O–H groups in total. The summed E-state index contributed by atoms with van der Waals surface area (Å²) in [6.07, 6.45) is -4.72. The molecule has 0 aliphatic carbocycles. The summed E-state index contributed by atoms with van der Waals surface area (Å²) < 4.78 is 37.2. The van der Waals surface area contributed by atoms with Crippen LogP contribution in [0, 0.1) is 10.1 Å². The van der Waals surface area contributed by atoms with E-state index < -0.39 is 34.4 Å². The fraction of sp³-hybridized carbons (Fsp3) is 0.300. The molecule has 0 heterocycles. The van der Waals surface area contributed by atoms with Crippen molar-refractivity contribution in [3.63, 3.8) is 0 Å². The molecule has 104 valence electrons. The molecule has 6 nitrogen and oxygen atoms in total. The zero-order chi connectivity index (χ0) is 14.8. The summed E-state index contributed by atoms with van der Waals surface area (Å²) in [5.74, 6) is -1.53. The second-order valence-electron chi connectivity index (χ2n) is 3.67. The molecule has 0 aromatic heterocycles. The number of anilines is 1. The molecule has 0 aliphatic rings. The van der Waals surface area contributed by atoms with Crippen LogP contribution in [0.4, 0.5) is 24.5 Å². The Morgan fingerprint density at radius 3 is 2.42 bits per heavy atom. The summed E-state index contributed by atoms with van der Waals surface area (Å²) in [6, 6.07) is 0.484. The lowest BCUT2D eigenvalue weighted by atomic mass is 10.1. The topological polar surface area (TPSA) is 95.3 Å². The number of halogens is 3. The van der Waals surface area contributed by atoms with Crippen LogP contribution in [0.25, 0.3) is 0 Å². The summed E-state index contributed by atoms with van der Waals surface area (Å²) in [7, 11) is 0. The highest BCUT2D eigenvalue weighted by Gasteiger charge is 2.33. The molecule has 0 aliphatic heterocycles. The van der Waals surface area contributed by atoms with Crippen molar-refractivity contribution in [1.82, 2.24) is 0 Å². The molecule has 9 heteroatoms.